The molecule has 5 nitrogen and oxygen atoms in total. The second kappa shape index (κ2) is 6.92. The van der Waals surface area contributed by atoms with Gasteiger partial charge in [-0.15, -0.1) is 0 Å². The molecule has 1 aromatic rings. The van der Waals surface area contributed by atoms with E-state index >= 15 is 0 Å². The molecule has 1 heterocycles. The fourth-order valence-electron chi connectivity index (χ4n) is 1.49. The number of thioether (sulfide) groups is 1. The van der Waals surface area contributed by atoms with Gasteiger partial charge < -0.3 is 10.2 Å². The van der Waals surface area contributed by atoms with E-state index in [1.807, 2.05) is 13.8 Å². The number of aliphatic hydroxyl groups is 2. The van der Waals surface area contributed by atoms with Gasteiger partial charge in [0, 0.05) is 30.5 Å². The first-order chi connectivity index (χ1) is 8.41. The summed E-state index contributed by atoms with van der Waals surface area (Å²) in [6.45, 7) is 5.46. The van der Waals surface area contributed by atoms with Crippen LogP contribution in [0.1, 0.15) is 44.9 Å². The van der Waals surface area contributed by atoms with Crippen molar-refractivity contribution in [1.82, 2.24) is 9.78 Å². The SMILES string of the molecule is CC(=O)SCCC(O)C(O)c1cnn(C(C)C)c1. The molecule has 0 radical (unpaired) electrons. The van der Waals surface area contributed by atoms with Gasteiger partial charge in [0.25, 0.3) is 0 Å². The number of hydrogen-bond donors (Lipinski definition) is 2. The van der Waals surface area contributed by atoms with Crippen LogP contribution in [0.5, 0.6) is 0 Å². The lowest BCUT2D eigenvalue weighted by Gasteiger charge is -2.15. The average molecular weight is 272 g/mol. The molecule has 2 atom stereocenters. The molecular weight excluding hydrogens is 252 g/mol. The first-order valence-corrected chi connectivity index (χ1v) is 6.94. The summed E-state index contributed by atoms with van der Waals surface area (Å²) in [6, 6.07) is 0.219. The van der Waals surface area contributed by atoms with Gasteiger partial charge in [-0.3, -0.25) is 9.48 Å². The Morgan fingerprint density at radius 3 is 2.67 bits per heavy atom. The normalized spacial score (nSPS) is 14.8. The predicted octanol–water partition coefficient (Wildman–Crippen LogP) is 1.53. The van der Waals surface area contributed by atoms with E-state index < -0.39 is 12.2 Å². The van der Waals surface area contributed by atoms with Crippen LogP contribution in [0.2, 0.25) is 0 Å². The second-order valence-electron chi connectivity index (χ2n) is 4.49. The van der Waals surface area contributed by atoms with Crippen LogP contribution in [0.3, 0.4) is 0 Å². The molecule has 0 aliphatic carbocycles. The summed E-state index contributed by atoms with van der Waals surface area (Å²) >= 11 is 1.15. The molecule has 0 amide bonds. The van der Waals surface area contributed by atoms with Crippen LogP contribution in [0, 0.1) is 0 Å². The minimum atomic E-state index is -0.954. The van der Waals surface area contributed by atoms with Crippen molar-refractivity contribution in [3.8, 4) is 0 Å². The molecule has 1 rings (SSSR count). The Hall–Kier alpha value is -0.850. The van der Waals surface area contributed by atoms with Gasteiger partial charge in [-0.05, 0) is 20.3 Å². The molecule has 0 fully saturated rings. The van der Waals surface area contributed by atoms with E-state index in [1.54, 1.807) is 17.1 Å². The van der Waals surface area contributed by atoms with Gasteiger partial charge >= 0.3 is 0 Å². The first-order valence-electron chi connectivity index (χ1n) is 5.95. The van der Waals surface area contributed by atoms with E-state index in [-0.39, 0.29) is 11.2 Å². The zero-order valence-electron chi connectivity index (χ0n) is 10.9. The zero-order valence-corrected chi connectivity index (χ0v) is 11.7. The van der Waals surface area contributed by atoms with E-state index in [1.165, 1.54) is 6.92 Å². The summed E-state index contributed by atoms with van der Waals surface area (Å²) in [5, 5.41) is 23.9. The quantitative estimate of drug-likeness (QED) is 0.821. The monoisotopic (exact) mass is 272 g/mol. The summed E-state index contributed by atoms with van der Waals surface area (Å²) in [5.74, 6) is 0.506. The van der Waals surface area contributed by atoms with Gasteiger partial charge in [-0.2, -0.15) is 5.10 Å². The van der Waals surface area contributed by atoms with E-state index in [0.717, 1.165) is 11.8 Å². The van der Waals surface area contributed by atoms with Crippen molar-refractivity contribution in [2.75, 3.05) is 5.75 Å². The van der Waals surface area contributed by atoms with Crippen molar-refractivity contribution in [3.63, 3.8) is 0 Å². The highest BCUT2D eigenvalue weighted by Gasteiger charge is 2.20. The van der Waals surface area contributed by atoms with Crippen LogP contribution in [0.4, 0.5) is 0 Å². The van der Waals surface area contributed by atoms with Crippen molar-refractivity contribution in [3.05, 3.63) is 18.0 Å². The number of nitrogens with zero attached hydrogens (tertiary/aromatic N) is 2. The summed E-state index contributed by atoms with van der Waals surface area (Å²) in [7, 11) is 0. The molecular formula is C12H20N2O3S. The van der Waals surface area contributed by atoms with Crippen LogP contribution in [0.25, 0.3) is 0 Å². The smallest absolute Gasteiger partial charge is 0.185 e. The molecule has 18 heavy (non-hydrogen) atoms. The number of hydrogen-bond acceptors (Lipinski definition) is 5. The Morgan fingerprint density at radius 1 is 1.50 bits per heavy atom. The van der Waals surface area contributed by atoms with Gasteiger partial charge in [0.1, 0.15) is 6.10 Å². The maximum Gasteiger partial charge on any atom is 0.185 e. The molecule has 2 N–H and O–H groups in total. The van der Waals surface area contributed by atoms with Crippen molar-refractivity contribution < 1.29 is 15.0 Å². The van der Waals surface area contributed by atoms with E-state index in [9.17, 15) is 15.0 Å². The maximum absolute atomic E-state index is 10.7. The van der Waals surface area contributed by atoms with Crippen LogP contribution in [0.15, 0.2) is 12.4 Å². The highest BCUT2D eigenvalue weighted by atomic mass is 32.2. The van der Waals surface area contributed by atoms with Crippen molar-refractivity contribution >= 4 is 16.9 Å². The molecule has 102 valence electrons. The molecule has 0 bridgehead atoms. The highest BCUT2D eigenvalue weighted by Crippen LogP contribution is 2.21. The standard InChI is InChI=1S/C12H20N2O3S/c1-8(2)14-7-10(6-13-14)12(17)11(16)4-5-18-9(3)15/h6-8,11-12,16-17H,4-5H2,1-3H3. The molecule has 0 aliphatic rings. The highest BCUT2D eigenvalue weighted by molar-refractivity contribution is 8.13. The number of rotatable bonds is 6. The van der Waals surface area contributed by atoms with Gasteiger partial charge in [-0.1, -0.05) is 11.8 Å². The topological polar surface area (TPSA) is 75.3 Å². The third-order valence-electron chi connectivity index (χ3n) is 2.58. The van der Waals surface area contributed by atoms with Crippen molar-refractivity contribution in [1.29, 1.82) is 0 Å². The number of carbonyl (C=O) groups excluding carboxylic acids is 1. The van der Waals surface area contributed by atoms with Gasteiger partial charge in [0.15, 0.2) is 5.12 Å². The lowest BCUT2D eigenvalue weighted by Crippen LogP contribution is -2.18. The Morgan fingerprint density at radius 2 is 2.17 bits per heavy atom. The minimum absolute atomic E-state index is 0.0179. The number of carbonyl (C=O) groups is 1. The second-order valence-corrected chi connectivity index (χ2v) is 5.76. The predicted molar refractivity (Wildman–Crippen MR) is 71.3 cm³/mol. The fourth-order valence-corrected chi connectivity index (χ4v) is 2.14. The third kappa shape index (κ3) is 4.44. The average Bonchev–Trinajstić information content (AvgIpc) is 2.76. The Bertz CT molecular complexity index is 392. The number of aliphatic hydroxyl groups excluding tert-OH is 2. The summed E-state index contributed by atoms with van der Waals surface area (Å²) in [5.41, 5.74) is 0.601. The molecule has 2 unspecified atom stereocenters. The molecule has 1 aromatic heterocycles. The van der Waals surface area contributed by atoms with E-state index in [0.29, 0.717) is 17.7 Å². The number of aromatic nitrogens is 2. The third-order valence-corrected chi connectivity index (χ3v) is 3.42. The maximum atomic E-state index is 10.7. The van der Waals surface area contributed by atoms with Crippen LogP contribution in [-0.2, 0) is 4.79 Å². The van der Waals surface area contributed by atoms with Crippen molar-refractivity contribution in [2.24, 2.45) is 0 Å². The van der Waals surface area contributed by atoms with Crippen LogP contribution < -0.4 is 0 Å². The lowest BCUT2D eigenvalue weighted by atomic mass is 10.1. The molecule has 0 spiro atoms. The summed E-state index contributed by atoms with van der Waals surface area (Å²) in [4.78, 5) is 10.7. The van der Waals surface area contributed by atoms with E-state index in [4.69, 9.17) is 0 Å². The van der Waals surface area contributed by atoms with Crippen molar-refractivity contribution in [2.45, 2.75) is 45.4 Å². The summed E-state index contributed by atoms with van der Waals surface area (Å²) < 4.78 is 1.73. The Labute approximate surface area is 111 Å². The largest absolute Gasteiger partial charge is 0.390 e. The molecule has 6 heteroatoms. The van der Waals surface area contributed by atoms with Crippen LogP contribution >= 0.6 is 11.8 Å². The van der Waals surface area contributed by atoms with Crippen LogP contribution in [-0.4, -0.2) is 37.0 Å². The van der Waals surface area contributed by atoms with Gasteiger partial charge in [-0.25, -0.2) is 0 Å². The van der Waals surface area contributed by atoms with Gasteiger partial charge in [0.05, 0.1) is 12.3 Å². The van der Waals surface area contributed by atoms with E-state index in [2.05, 4.69) is 5.10 Å². The first kappa shape index (κ1) is 15.2. The van der Waals surface area contributed by atoms with Gasteiger partial charge in [0.2, 0.25) is 0 Å². The Kier molecular flexibility index (Phi) is 5.84. The zero-order chi connectivity index (χ0) is 13.7. The molecule has 0 aromatic carbocycles. The fraction of sp³-hybridized carbons (Fsp3) is 0.667. The summed E-state index contributed by atoms with van der Waals surface area (Å²) in [6.07, 6.45) is 1.84. The molecule has 0 saturated heterocycles. The Balaban J connectivity index is 2.51. The molecule has 0 aliphatic heterocycles. The molecule has 0 saturated carbocycles. The minimum Gasteiger partial charge on any atom is -0.390 e. The lowest BCUT2D eigenvalue weighted by molar-refractivity contribution is -0.109.